The Labute approximate surface area is 122 Å². The smallest absolute Gasteiger partial charge is 0.236 e. The van der Waals surface area contributed by atoms with E-state index in [1.54, 1.807) is 0 Å². The summed E-state index contributed by atoms with van der Waals surface area (Å²) in [7, 11) is 2.12. The van der Waals surface area contributed by atoms with Crippen LogP contribution in [0.15, 0.2) is 0 Å². The highest BCUT2D eigenvalue weighted by Gasteiger charge is 2.41. The van der Waals surface area contributed by atoms with Crippen LogP contribution in [0.2, 0.25) is 0 Å². The van der Waals surface area contributed by atoms with Gasteiger partial charge in [0.05, 0.1) is 6.54 Å². The van der Waals surface area contributed by atoms with Gasteiger partial charge < -0.3 is 15.1 Å². The van der Waals surface area contributed by atoms with Gasteiger partial charge in [0, 0.05) is 32.2 Å². The van der Waals surface area contributed by atoms with E-state index in [1.165, 1.54) is 25.7 Å². The molecule has 20 heavy (non-hydrogen) atoms. The summed E-state index contributed by atoms with van der Waals surface area (Å²) in [5.41, 5.74) is 0. The maximum absolute atomic E-state index is 12.2. The van der Waals surface area contributed by atoms with Gasteiger partial charge in [0.2, 0.25) is 5.91 Å². The van der Waals surface area contributed by atoms with Crippen LogP contribution in [-0.4, -0.2) is 61.5 Å². The van der Waals surface area contributed by atoms with Crippen molar-refractivity contribution in [2.75, 3.05) is 39.8 Å². The molecule has 0 aromatic rings. The first-order valence-corrected chi connectivity index (χ1v) is 8.33. The second-order valence-electron chi connectivity index (χ2n) is 7.19. The second kappa shape index (κ2) is 6.02. The van der Waals surface area contributed by atoms with Crippen molar-refractivity contribution in [3.8, 4) is 0 Å². The molecule has 3 fully saturated rings. The van der Waals surface area contributed by atoms with Crippen LogP contribution in [0.3, 0.4) is 0 Å². The van der Waals surface area contributed by atoms with E-state index >= 15 is 0 Å². The van der Waals surface area contributed by atoms with E-state index in [0.29, 0.717) is 12.6 Å². The Hall–Kier alpha value is -0.610. The van der Waals surface area contributed by atoms with Crippen LogP contribution < -0.4 is 5.32 Å². The number of carbonyl (C=O) groups is 1. The van der Waals surface area contributed by atoms with Crippen molar-refractivity contribution in [1.82, 2.24) is 15.1 Å². The Morgan fingerprint density at radius 3 is 2.55 bits per heavy atom. The molecular formula is C16H29N3O. The van der Waals surface area contributed by atoms with Gasteiger partial charge in [-0.15, -0.1) is 0 Å². The van der Waals surface area contributed by atoms with Crippen LogP contribution in [0.25, 0.3) is 0 Å². The molecule has 3 rings (SSSR count). The maximum atomic E-state index is 12.2. The Kier molecular flexibility index (Phi) is 4.32. The van der Waals surface area contributed by atoms with Crippen LogP contribution in [0, 0.1) is 17.8 Å². The van der Waals surface area contributed by atoms with Gasteiger partial charge in [-0.05, 0) is 51.0 Å². The molecule has 1 N–H and O–H groups in total. The van der Waals surface area contributed by atoms with Crippen LogP contribution in [0.5, 0.6) is 0 Å². The van der Waals surface area contributed by atoms with Crippen molar-refractivity contribution in [3.05, 3.63) is 0 Å². The van der Waals surface area contributed by atoms with Gasteiger partial charge >= 0.3 is 0 Å². The van der Waals surface area contributed by atoms with Crippen LogP contribution >= 0.6 is 0 Å². The molecule has 2 bridgehead atoms. The van der Waals surface area contributed by atoms with Crippen LogP contribution in [0.1, 0.15) is 32.6 Å². The third kappa shape index (κ3) is 3.01. The highest BCUT2D eigenvalue weighted by molar-refractivity contribution is 5.78. The number of rotatable bonds is 4. The summed E-state index contributed by atoms with van der Waals surface area (Å²) in [6.45, 7) is 6.60. The molecule has 4 unspecified atom stereocenters. The summed E-state index contributed by atoms with van der Waals surface area (Å²) < 4.78 is 0. The first-order valence-electron chi connectivity index (χ1n) is 8.33. The number of hydrogen-bond acceptors (Lipinski definition) is 3. The summed E-state index contributed by atoms with van der Waals surface area (Å²) in [5, 5.41) is 3.51. The van der Waals surface area contributed by atoms with E-state index in [4.69, 9.17) is 0 Å². The van der Waals surface area contributed by atoms with Crippen LogP contribution in [-0.2, 0) is 4.79 Å². The molecule has 0 radical (unpaired) electrons. The lowest BCUT2D eigenvalue weighted by Gasteiger charge is -2.33. The summed E-state index contributed by atoms with van der Waals surface area (Å²) in [6, 6.07) is 0.502. The lowest BCUT2D eigenvalue weighted by atomic mass is 9.84. The number of fused-ring (bicyclic) bond motifs is 2. The van der Waals surface area contributed by atoms with Gasteiger partial charge in [-0.3, -0.25) is 4.79 Å². The number of piperazine rings is 1. The highest BCUT2D eigenvalue weighted by atomic mass is 16.2. The number of nitrogens with one attached hydrogen (secondary N) is 1. The number of nitrogens with zero attached hydrogens (tertiary/aromatic N) is 2. The lowest BCUT2D eigenvalue weighted by Crippen LogP contribution is -2.51. The predicted molar refractivity (Wildman–Crippen MR) is 80.5 cm³/mol. The fraction of sp³-hybridized carbons (Fsp3) is 0.938. The largest absolute Gasteiger partial charge is 0.339 e. The number of likely N-dealkylation sites (N-methyl/N-ethyl adjacent to an activating group) is 1. The normalized spacial score (nSPS) is 35.5. The standard InChI is InChI=1S/C16H29N3O/c1-12(15-10-13-3-4-14(15)9-13)17-11-16(20)19-7-5-18(2)6-8-19/h12-15,17H,3-11H2,1-2H3. The Morgan fingerprint density at radius 2 is 1.95 bits per heavy atom. The van der Waals surface area contributed by atoms with E-state index < -0.39 is 0 Å². The van der Waals surface area contributed by atoms with Gasteiger partial charge in [0.15, 0.2) is 0 Å². The number of hydrogen-bond donors (Lipinski definition) is 1. The third-order valence-electron chi connectivity index (χ3n) is 5.87. The fourth-order valence-electron chi connectivity index (χ4n) is 4.47. The molecule has 1 amide bonds. The SMILES string of the molecule is CC(NCC(=O)N1CCN(C)CC1)C1CC2CCC1C2. The minimum atomic E-state index is 0.285. The molecule has 2 saturated carbocycles. The molecule has 1 aliphatic heterocycles. The van der Waals surface area contributed by atoms with Crippen molar-refractivity contribution < 1.29 is 4.79 Å². The summed E-state index contributed by atoms with van der Waals surface area (Å²) in [6.07, 6.45) is 5.71. The lowest BCUT2D eigenvalue weighted by molar-refractivity contribution is -0.132. The molecule has 0 aromatic heterocycles. The van der Waals surface area contributed by atoms with Crippen molar-refractivity contribution in [2.24, 2.45) is 17.8 Å². The highest BCUT2D eigenvalue weighted by Crippen LogP contribution is 2.49. The minimum absolute atomic E-state index is 0.285. The van der Waals surface area contributed by atoms with E-state index in [-0.39, 0.29) is 5.91 Å². The molecule has 114 valence electrons. The molecule has 1 saturated heterocycles. The van der Waals surface area contributed by atoms with E-state index in [9.17, 15) is 4.79 Å². The summed E-state index contributed by atoms with van der Waals surface area (Å²) >= 11 is 0. The molecule has 3 aliphatic rings. The zero-order valence-electron chi connectivity index (χ0n) is 13.0. The van der Waals surface area contributed by atoms with Gasteiger partial charge in [-0.25, -0.2) is 0 Å². The van der Waals surface area contributed by atoms with Gasteiger partial charge in [0.1, 0.15) is 0 Å². The monoisotopic (exact) mass is 279 g/mol. The zero-order chi connectivity index (χ0) is 14.1. The van der Waals surface area contributed by atoms with Gasteiger partial charge in [-0.1, -0.05) is 6.42 Å². The third-order valence-corrected chi connectivity index (χ3v) is 5.87. The Morgan fingerprint density at radius 1 is 1.20 bits per heavy atom. The molecule has 4 heteroatoms. The average molecular weight is 279 g/mol. The first kappa shape index (κ1) is 14.3. The minimum Gasteiger partial charge on any atom is -0.339 e. The van der Waals surface area contributed by atoms with Crippen molar-refractivity contribution >= 4 is 5.91 Å². The fourth-order valence-corrected chi connectivity index (χ4v) is 4.47. The maximum Gasteiger partial charge on any atom is 0.236 e. The van der Waals surface area contributed by atoms with E-state index in [2.05, 4.69) is 24.2 Å². The van der Waals surface area contributed by atoms with Gasteiger partial charge in [0.25, 0.3) is 0 Å². The Balaban J connectivity index is 1.41. The molecule has 0 aromatic carbocycles. The summed E-state index contributed by atoms with van der Waals surface area (Å²) in [5.74, 6) is 3.02. The van der Waals surface area contributed by atoms with E-state index in [1.807, 2.05) is 4.90 Å². The van der Waals surface area contributed by atoms with E-state index in [0.717, 1.165) is 43.9 Å². The molecule has 1 heterocycles. The van der Waals surface area contributed by atoms with Crippen molar-refractivity contribution in [3.63, 3.8) is 0 Å². The van der Waals surface area contributed by atoms with Crippen molar-refractivity contribution in [1.29, 1.82) is 0 Å². The predicted octanol–water partition coefficient (Wildman–Crippen LogP) is 1.17. The quantitative estimate of drug-likeness (QED) is 0.839. The first-order chi connectivity index (χ1) is 9.63. The zero-order valence-corrected chi connectivity index (χ0v) is 13.0. The van der Waals surface area contributed by atoms with Crippen LogP contribution in [0.4, 0.5) is 0 Å². The second-order valence-corrected chi connectivity index (χ2v) is 7.19. The summed E-state index contributed by atoms with van der Waals surface area (Å²) in [4.78, 5) is 16.5. The molecule has 4 atom stereocenters. The average Bonchev–Trinajstić information content (AvgIpc) is 3.08. The molecule has 0 spiro atoms. The molecular weight excluding hydrogens is 250 g/mol. The molecule has 2 aliphatic carbocycles. The van der Waals surface area contributed by atoms with Crippen molar-refractivity contribution in [2.45, 2.75) is 38.6 Å². The molecule has 4 nitrogen and oxygen atoms in total. The topological polar surface area (TPSA) is 35.6 Å². The Bertz CT molecular complexity index is 352. The number of carbonyl (C=O) groups excluding carboxylic acids is 1. The van der Waals surface area contributed by atoms with Gasteiger partial charge in [-0.2, -0.15) is 0 Å². The number of amides is 1.